The van der Waals surface area contributed by atoms with E-state index in [-0.39, 0.29) is 30.5 Å². The van der Waals surface area contributed by atoms with Crippen LogP contribution in [0.3, 0.4) is 0 Å². The van der Waals surface area contributed by atoms with Gasteiger partial charge in [-0.1, -0.05) is 12.1 Å². The minimum absolute atomic E-state index is 0. The van der Waals surface area contributed by atoms with Crippen LogP contribution in [0.15, 0.2) is 29.2 Å². The molecule has 1 N–H and O–H groups in total. The largest absolute Gasteiger partial charge is 0.573 e. The first-order valence-electron chi connectivity index (χ1n) is 7.75. The molecule has 5 nitrogen and oxygen atoms in total. The molecule has 0 saturated carbocycles. The third-order valence-electron chi connectivity index (χ3n) is 4.69. The standard InChI is InChI=1S/C15H19F3N2O3S.ClH/c1-20(12-8-10-6-7-11(9-12)19-10)24(21,22)14-5-3-2-4-13(14)23-15(16,17)18;/h2-5,10-12,19H,6-9H2,1H3;1H. The van der Waals surface area contributed by atoms with E-state index in [0.717, 1.165) is 25.0 Å². The first kappa shape index (κ1) is 20.3. The summed E-state index contributed by atoms with van der Waals surface area (Å²) >= 11 is 0. The highest BCUT2D eigenvalue weighted by Gasteiger charge is 2.40. The van der Waals surface area contributed by atoms with Crippen molar-refractivity contribution in [2.24, 2.45) is 0 Å². The quantitative estimate of drug-likeness (QED) is 0.844. The first-order chi connectivity index (χ1) is 11.2. The van der Waals surface area contributed by atoms with Crippen molar-refractivity contribution < 1.29 is 26.3 Å². The molecule has 2 saturated heterocycles. The average Bonchev–Trinajstić information content (AvgIpc) is 2.83. The van der Waals surface area contributed by atoms with Gasteiger partial charge in [-0.15, -0.1) is 25.6 Å². The Balaban J connectivity index is 0.00000225. The summed E-state index contributed by atoms with van der Waals surface area (Å²) < 4.78 is 68.4. The van der Waals surface area contributed by atoms with Gasteiger partial charge in [-0.2, -0.15) is 4.31 Å². The number of sulfonamides is 1. The van der Waals surface area contributed by atoms with Gasteiger partial charge in [0, 0.05) is 25.2 Å². The molecular formula is C15H20ClF3N2O3S. The number of halogens is 4. The fourth-order valence-electron chi connectivity index (χ4n) is 3.55. The number of benzene rings is 1. The normalized spacial score (nSPS) is 26.4. The molecule has 0 amide bonds. The maximum atomic E-state index is 12.8. The van der Waals surface area contributed by atoms with Crippen LogP contribution in [0, 0.1) is 0 Å². The Morgan fingerprint density at radius 3 is 2.28 bits per heavy atom. The number of hydrogen-bond donors (Lipinski definition) is 1. The highest BCUT2D eigenvalue weighted by molar-refractivity contribution is 7.89. The summed E-state index contributed by atoms with van der Waals surface area (Å²) in [6.45, 7) is 0. The van der Waals surface area contributed by atoms with Crippen molar-refractivity contribution in [3.63, 3.8) is 0 Å². The van der Waals surface area contributed by atoms with Gasteiger partial charge in [-0.05, 0) is 37.8 Å². The van der Waals surface area contributed by atoms with E-state index in [0.29, 0.717) is 12.8 Å². The van der Waals surface area contributed by atoms with Crippen molar-refractivity contribution >= 4 is 22.4 Å². The lowest BCUT2D eigenvalue weighted by molar-refractivity contribution is -0.275. The molecule has 2 bridgehead atoms. The second-order valence-corrected chi connectivity index (χ2v) is 8.24. The van der Waals surface area contributed by atoms with Crippen LogP contribution in [-0.2, 0) is 10.0 Å². The van der Waals surface area contributed by atoms with Crippen molar-refractivity contribution in [3.05, 3.63) is 24.3 Å². The second kappa shape index (κ2) is 7.30. The van der Waals surface area contributed by atoms with Crippen molar-refractivity contribution in [2.45, 2.75) is 55.1 Å². The predicted octanol–water partition coefficient (Wildman–Crippen LogP) is 2.91. The molecule has 25 heavy (non-hydrogen) atoms. The molecule has 3 rings (SSSR count). The van der Waals surface area contributed by atoms with Crippen molar-refractivity contribution in [2.75, 3.05) is 7.05 Å². The van der Waals surface area contributed by atoms with E-state index in [9.17, 15) is 21.6 Å². The van der Waals surface area contributed by atoms with E-state index >= 15 is 0 Å². The molecule has 2 heterocycles. The lowest BCUT2D eigenvalue weighted by atomic mass is 10.0. The van der Waals surface area contributed by atoms with E-state index in [2.05, 4.69) is 10.1 Å². The van der Waals surface area contributed by atoms with Crippen LogP contribution in [0.25, 0.3) is 0 Å². The van der Waals surface area contributed by atoms with E-state index in [1.54, 1.807) is 0 Å². The highest BCUT2D eigenvalue weighted by Crippen LogP contribution is 2.35. The zero-order valence-electron chi connectivity index (χ0n) is 13.5. The van der Waals surface area contributed by atoms with Gasteiger partial charge in [-0.3, -0.25) is 0 Å². The van der Waals surface area contributed by atoms with Crippen LogP contribution < -0.4 is 10.1 Å². The molecule has 0 aliphatic carbocycles. The van der Waals surface area contributed by atoms with Gasteiger partial charge in [0.2, 0.25) is 10.0 Å². The molecule has 0 spiro atoms. The molecule has 142 valence electrons. The zero-order valence-corrected chi connectivity index (χ0v) is 15.1. The van der Waals surface area contributed by atoms with Gasteiger partial charge in [0.1, 0.15) is 10.6 Å². The van der Waals surface area contributed by atoms with Crippen molar-refractivity contribution in [1.82, 2.24) is 9.62 Å². The molecule has 0 aromatic heterocycles. The minimum atomic E-state index is -4.95. The van der Waals surface area contributed by atoms with E-state index in [1.807, 2.05) is 0 Å². The summed E-state index contributed by atoms with van der Waals surface area (Å²) in [5, 5.41) is 3.41. The monoisotopic (exact) mass is 400 g/mol. The summed E-state index contributed by atoms with van der Waals surface area (Å²) in [4.78, 5) is -0.462. The Morgan fingerprint density at radius 1 is 1.16 bits per heavy atom. The van der Waals surface area contributed by atoms with Crippen LogP contribution in [0.2, 0.25) is 0 Å². The fraction of sp³-hybridized carbons (Fsp3) is 0.600. The van der Waals surface area contributed by atoms with Crippen LogP contribution in [-0.4, -0.2) is 44.3 Å². The number of rotatable bonds is 4. The lowest BCUT2D eigenvalue weighted by Gasteiger charge is -2.35. The predicted molar refractivity (Wildman–Crippen MR) is 88.3 cm³/mol. The molecule has 0 radical (unpaired) electrons. The number of hydrogen-bond acceptors (Lipinski definition) is 4. The number of fused-ring (bicyclic) bond motifs is 2. The topological polar surface area (TPSA) is 58.6 Å². The Hall–Kier alpha value is -1.03. The van der Waals surface area contributed by atoms with Gasteiger partial charge in [0.25, 0.3) is 0 Å². The van der Waals surface area contributed by atoms with Crippen LogP contribution in [0.4, 0.5) is 13.2 Å². The molecule has 2 unspecified atom stereocenters. The second-order valence-electron chi connectivity index (χ2n) is 6.28. The minimum Gasteiger partial charge on any atom is -0.404 e. The van der Waals surface area contributed by atoms with Gasteiger partial charge in [0.05, 0.1) is 0 Å². The number of nitrogens with one attached hydrogen (secondary N) is 1. The number of nitrogens with zero attached hydrogens (tertiary/aromatic N) is 1. The van der Waals surface area contributed by atoms with E-state index in [4.69, 9.17) is 0 Å². The fourth-order valence-corrected chi connectivity index (χ4v) is 5.04. The van der Waals surface area contributed by atoms with Crippen LogP contribution >= 0.6 is 12.4 Å². The Bertz CT molecular complexity index is 702. The van der Waals surface area contributed by atoms with Gasteiger partial charge < -0.3 is 10.1 Å². The summed E-state index contributed by atoms with van der Waals surface area (Å²) in [5.74, 6) is -0.700. The van der Waals surface area contributed by atoms with E-state index in [1.165, 1.54) is 23.5 Å². The summed E-state index contributed by atoms with van der Waals surface area (Å²) in [7, 11) is -2.65. The Kier molecular flexibility index (Phi) is 5.92. The summed E-state index contributed by atoms with van der Waals surface area (Å²) in [5.41, 5.74) is 0. The van der Waals surface area contributed by atoms with E-state index < -0.39 is 27.0 Å². The highest BCUT2D eigenvalue weighted by atomic mass is 35.5. The number of piperidine rings is 1. The third-order valence-corrected chi connectivity index (χ3v) is 6.64. The maximum Gasteiger partial charge on any atom is 0.573 e. The number of alkyl halides is 3. The maximum absolute atomic E-state index is 12.8. The lowest BCUT2D eigenvalue weighted by Crippen LogP contribution is -2.48. The SMILES string of the molecule is CN(C1CC2CCC(C1)N2)S(=O)(=O)c1ccccc1OC(F)(F)F.Cl. The number of ether oxygens (including phenoxy) is 1. The third kappa shape index (κ3) is 4.39. The molecule has 10 heteroatoms. The molecular weight excluding hydrogens is 381 g/mol. The average molecular weight is 401 g/mol. The Morgan fingerprint density at radius 2 is 1.72 bits per heavy atom. The van der Waals surface area contributed by atoms with Gasteiger partial charge in [0.15, 0.2) is 0 Å². The Labute approximate surface area is 151 Å². The van der Waals surface area contributed by atoms with Crippen molar-refractivity contribution in [1.29, 1.82) is 0 Å². The molecule has 2 fully saturated rings. The summed E-state index contributed by atoms with van der Waals surface area (Å²) in [6.07, 6.45) is -1.62. The van der Waals surface area contributed by atoms with Crippen molar-refractivity contribution in [3.8, 4) is 5.75 Å². The van der Waals surface area contributed by atoms with Gasteiger partial charge in [-0.25, -0.2) is 8.42 Å². The zero-order chi connectivity index (χ0) is 17.5. The molecule has 2 aliphatic rings. The van der Waals surface area contributed by atoms with Gasteiger partial charge >= 0.3 is 6.36 Å². The summed E-state index contributed by atoms with van der Waals surface area (Å²) in [6, 6.07) is 5.16. The first-order valence-corrected chi connectivity index (χ1v) is 9.19. The number of para-hydroxylation sites is 1. The smallest absolute Gasteiger partial charge is 0.404 e. The molecule has 1 aromatic rings. The molecule has 2 aliphatic heterocycles. The molecule has 2 atom stereocenters. The molecule has 1 aromatic carbocycles. The van der Waals surface area contributed by atoms with Crippen LogP contribution in [0.1, 0.15) is 25.7 Å². The van der Waals surface area contributed by atoms with Crippen LogP contribution in [0.5, 0.6) is 5.75 Å².